The van der Waals surface area contributed by atoms with Crippen LogP contribution in [0.15, 0.2) is 23.1 Å². The monoisotopic (exact) mass is 259 g/mol. The van der Waals surface area contributed by atoms with Crippen molar-refractivity contribution in [1.82, 2.24) is 0 Å². The largest absolute Gasteiger partial charge is 0.469 e. The minimum atomic E-state index is -0.200. The second kappa shape index (κ2) is 6.01. The molecule has 0 aliphatic carbocycles. The van der Waals surface area contributed by atoms with E-state index < -0.39 is 0 Å². The Balaban J connectivity index is 2.55. The molecule has 1 atom stereocenters. The number of hydrogen-bond acceptors (Lipinski definition) is 4. The molecule has 88 valence electrons. The predicted molar refractivity (Wildman–Crippen MR) is 67.8 cm³/mol. The first-order valence-corrected chi connectivity index (χ1v) is 6.16. The molecule has 0 aliphatic rings. The van der Waals surface area contributed by atoms with Crippen molar-refractivity contribution in [3.05, 3.63) is 23.2 Å². The predicted octanol–water partition coefficient (Wildman–Crippen LogP) is 2.82. The van der Waals surface area contributed by atoms with Crippen molar-refractivity contribution >= 4 is 35.0 Å². The molecule has 0 bridgehead atoms. The number of esters is 1. The molecule has 2 N–H and O–H groups in total. The lowest BCUT2D eigenvalue weighted by Gasteiger charge is -2.09. The molecule has 1 aromatic carbocycles. The van der Waals surface area contributed by atoms with Gasteiger partial charge in [0.15, 0.2) is 0 Å². The summed E-state index contributed by atoms with van der Waals surface area (Å²) in [6, 6.07) is 5.44. The summed E-state index contributed by atoms with van der Waals surface area (Å²) in [5, 5.41) is 0.538. The zero-order valence-corrected chi connectivity index (χ0v) is 10.8. The third-order valence-corrected chi connectivity index (χ3v) is 3.66. The Kier molecular flexibility index (Phi) is 4.96. The van der Waals surface area contributed by atoms with E-state index in [-0.39, 0.29) is 11.9 Å². The van der Waals surface area contributed by atoms with E-state index in [2.05, 4.69) is 4.74 Å². The quantitative estimate of drug-likeness (QED) is 0.513. The van der Waals surface area contributed by atoms with Crippen LogP contribution in [0.4, 0.5) is 5.69 Å². The molecule has 0 amide bonds. The number of anilines is 1. The number of methoxy groups -OCH3 is 1. The second-order valence-corrected chi connectivity index (χ2v) is 4.92. The van der Waals surface area contributed by atoms with Crippen LogP contribution in [-0.4, -0.2) is 18.8 Å². The standard InChI is InChI=1S/C11H14ClNO2S/c1-7(11(14)15-2)6-16-8-3-4-10(13)9(12)5-8/h3-5,7H,6,13H2,1-2H3. The minimum absolute atomic E-state index is 0.133. The van der Waals surface area contributed by atoms with Crippen LogP contribution in [0.5, 0.6) is 0 Å². The number of thioether (sulfide) groups is 1. The van der Waals surface area contributed by atoms with Crippen molar-refractivity contribution in [2.45, 2.75) is 11.8 Å². The van der Waals surface area contributed by atoms with Gasteiger partial charge in [-0.15, -0.1) is 11.8 Å². The van der Waals surface area contributed by atoms with Gasteiger partial charge in [0.2, 0.25) is 0 Å². The van der Waals surface area contributed by atoms with Crippen molar-refractivity contribution < 1.29 is 9.53 Å². The third-order valence-electron chi connectivity index (χ3n) is 2.08. The first-order chi connectivity index (χ1) is 7.54. The van der Waals surface area contributed by atoms with Gasteiger partial charge < -0.3 is 10.5 Å². The lowest BCUT2D eigenvalue weighted by molar-refractivity contribution is -0.143. The molecule has 0 radical (unpaired) electrons. The average Bonchev–Trinajstić information content (AvgIpc) is 2.29. The van der Waals surface area contributed by atoms with E-state index >= 15 is 0 Å². The highest BCUT2D eigenvalue weighted by Crippen LogP contribution is 2.27. The maximum Gasteiger partial charge on any atom is 0.309 e. The average molecular weight is 260 g/mol. The van der Waals surface area contributed by atoms with Crippen LogP contribution in [0.1, 0.15) is 6.92 Å². The summed E-state index contributed by atoms with van der Waals surface area (Å²) in [6.45, 7) is 1.83. The van der Waals surface area contributed by atoms with E-state index in [0.717, 1.165) is 4.90 Å². The lowest BCUT2D eigenvalue weighted by atomic mass is 10.2. The van der Waals surface area contributed by atoms with E-state index in [0.29, 0.717) is 16.5 Å². The van der Waals surface area contributed by atoms with Crippen LogP contribution >= 0.6 is 23.4 Å². The maximum absolute atomic E-state index is 11.2. The molecule has 0 saturated carbocycles. The Morgan fingerprint density at radius 2 is 2.31 bits per heavy atom. The van der Waals surface area contributed by atoms with Gasteiger partial charge in [-0.3, -0.25) is 4.79 Å². The molecular formula is C11H14ClNO2S. The third kappa shape index (κ3) is 3.61. The fraction of sp³-hybridized carbons (Fsp3) is 0.364. The highest BCUT2D eigenvalue weighted by molar-refractivity contribution is 7.99. The Morgan fingerprint density at radius 3 is 2.88 bits per heavy atom. The van der Waals surface area contributed by atoms with Gasteiger partial charge in [-0.1, -0.05) is 18.5 Å². The van der Waals surface area contributed by atoms with Gasteiger partial charge in [0, 0.05) is 10.6 Å². The van der Waals surface area contributed by atoms with Crippen molar-refractivity contribution in [3.8, 4) is 0 Å². The summed E-state index contributed by atoms with van der Waals surface area (Å²) >= 11 is 7.44. The van der Waals surface area contributed by atoms with Crippen molar-refractivity contribution in [2.75, 3.05) is 18.6 Å². The Bertz CT molecular complexity index is 384. The zero-order chi connectivity index (χ0) is 12.1. The highest BCUT2D eigenvalue weighted by Gasteiger charge is 2.13. The number of halogens is 1. The fourth-order valence-electron chi connectivity index (χ4n) is 1.09. The highest BCUT2D eigenvalue weighted by atomic mass is 35.5. The van der Waals surface area contributed by atoms with Crippen LogP contribution in [0.25, 0.3) is 0 Å². The van der Waals surface area contributed by atoms with E-state index in [1.165, 1.54) is 7.11 Å². The number of hydrogen-bond donors (Lipinski definition) is 1. The summed E-state index contributed by atoms with van der Waals surface area (Å²) in [4.78, 5) is 12.2. The van der Waals surface area contributed by atoms with E-state index in [1.807, 2.05) is 13.0 Å². The molecule has 1 aromatic rings. The topological polar surface area (TPSA) is 52.3 Å². The van der Waals surface area contributed by atoms with Gasteiger partial charge in [0.05, 0.1) is 23.7 Å². The maximum atomic E-state index is 11.2. The summed E-state index contributed by atoms with van der Waals surface area (Å²) < 4.78 is 4.64. The van der Waals surface area contributed by atoms with Crippen molar-refractivity contribution in [2.24, 2.45) is 5.92 Å². The first kappa shape index (κ1) is 13.2. The van der Waals surface area contributed by atoms with E-state index in [1.54, 1.807) is 23.9 Å². The van der Waals surface area contributed by atoms with Crippen LogP contribution in [0.3, 0.4) is 0 Å². The molecule has 0 aromatic heterocycles. The van der Waals surface area contributed by atoms with Crippen LogP contribution in [0, 0.1) is 5.92 Å². The van der Waals surface area contributed by atoms with Gasteiger partial charge in [-0.25, -0.2) is 0 Å². The molecule has 0 heterocycles. The number of nitrogen functional groups attached to an aromatic ring is 1. The van der Waals surface area contributed by atoms with E-state index in [9.17, 15) is 4.79 Å². The van der Waals surface area contributed by atoms with Crippen LogP contribution < -0.4 is 5.73 Å². The SMILES string of the molecule is COC(=O)C(C)CSc1ccc(N)c(Cl)c1. The molecule has 1 unspecified atom stereocenters. The molecule has 0 spiro atoms. The normalized spacial score (nSPS) is 12.2. The first-order valence-electron chi connectivity index (χ1n) is 4.80. The molecule has 5 heteroatoms. The molecular weight excluding hydrogens is 246 g/mol. The Morgan fingerprint density at radius 1 is 1.62 bits per heavy atom. The molecule has 16 heavy (non-hydrogen) atoms. The fourth-order valence-corrected chi connectivity index (χ4v) is 2.28. The summed E-state index contributed by atoms with van der Waals surface area (Å²) in [5.74, 6) is 0.327. The van der Waals surface area contributed by atoms with Gasteiger partial charge in [0.1, 0.15) is 0 Å². The van der Waals surface area contributed by atoms with E-state index in [4.69, 9.17) is 17.3 Å². The van der Waals surface area contributed by atoms with Gasteiger partial charge in [-0.2, -0.15) is 0 Å². The number of ether oxygens (including phenoxy) is 1. The van der Waals surface area contributed by atoms with Crippen molar-refractivity contribution in [3.63, 3.8) is 0 Å². The zero-order valence-electron chi connectivity index (χ0n) is 9.20. The van der Waals surface area contributed by atoms with Crippen molar-refractivity contribution in [1.29, 1.82) is 0 Å². The second-order valence-electron chi connectivity index (χ2n) is 3.42. The number of carbonyl (C=O) groups is 1. The Hall–Kier alpha value is -0.870. The van der Waals surface area contributed by atoms with Gasteiger partial charge in [0.25, 0.3) is 0 Å². The summed E-state index contributed by atoms with van der Waals surface area (Å²) in [6.07, 6.45) is 0. The Labute approximate surface area is 104 Å². The molecule has 0 fully saturated rings. The molecule has 0 aliphatic heterocycles. The number of nitrogens with two attached hydrogens (primary N) is 1. The smallest absolute Gasteiger partial charge is 0.309 e. The molecule has 1 rings (SSSR count). The molecule has 3 nitrogen and oxygen atoms in total. The number of benzene rings is 1. The minimum Gasteiger partial charge on any atom is -0.469 e. The number of carbonyl (C=O) groups excluding carboxylic acids is 1. The molecule has 0 saturated heterocycles. The lowest BCUT2D eigenvalue weighted by Crippen LogP contribution is -2.14. The van der Waals surface area contributed by atoms with Gasteiger partial charge in [-0.05, 0) is 18.2 Å². The summed E-state index contributed by atoms with van der Waals surface area (Å²) in [7, 11) is 1.39. The van der Waals surface area contributed by atoms with Gasteiger partial charge >= 0.3 is 5.97 Å². The van der Waals surface area contributed by atoms with Crippen LogP contribution in [0.2, 0.25) is 5.02 Å². The number of rotatable bonds is 4. The summed E-state index contributed by atoms with van der Waals surface area (Å²) in [5.41, 5.74) is 6.16. The van der Waals surface area contributed by atoms with Crippen LogP contribution in [-0.2, 0) is 9.53 Å².